The maximum absolute atomic E-state index is 10.6. The molecule has 6 heteroatoms. The van der Waals surface area contributed by atoms with Gasteiger partial charge in [-0.25, -0.2) is 4.98 Å². The Bertz CT molecular complexity index is 602. The summed E-state index contributed by atoms with van der Waals surface area (Å²) in [6, 6.07) is 7.29. The van der Waals surface area contributed by atoms with Gasteiger partial charge >= 0.3 is 0 Å². The van der Waals surface area contributed by atoms with Crippen molar-refractivity contribution in [2.75, 3.05) is 0 Å². The lowest BCUT2D eigenvalue weighted by Crippen LogP contribution is -2.15. The van der Waals surface area contributed by atoms with Gasteiger partial charge in [0.1, 0.15) is 0 Å². The fourth-order valence-electron chi connectivity index (χ4n) is 2.05. The number of nitro benzene ring substituents is 1. The first-order valence-electron chi connectivity index (χ1n) is 6.68. The average Bonchev–Trinajstić information content (AvgIpc) is 3.17. The molecule has 0 spiro atoms. The van der Waals surface area contributed by atoms with Gasteiger partial charge in [0.05, 0.1) is 16.9 Å². The van der Waals surface area contributed by atoms with Crippen LogP contribution in [-0.4, -0.2) is 20.5 Å². The molecular weight excluding hydrogens is 256 g/mol. The van der Waals surface area contributed by atoms with Crippen LogP contribution in [0.25, 0.3) is 0 Å². The standard InChI is InChI=1S/C14H16N4O2/c19-18(20)14-5-1-11(2-6-14)8-17-9-13(16-10-17)7-15-12-3-4-12/h1-2,5-6,9-10,12,15H,3-4,7-8H2. The molecule has 0 aliphatic heterocycles. The topological polar surface area (TPSA) is 73.0 Å². The number of nitro groups is 1. The highest BCUT2D eigenvalue weighted by Crippen LogP contribution is 2.19. The molecule has 6 nitrogen and oxygen atoms in total. The van der Waals surface area contributed by atoms with E-state index in [1.165, 1.54) is 25.0 Å². The van der Waals surface area contributed by atoms with Crippen molar-refractivity contribution in [3.63, 3.8) is 0 Å². The Morgan fingerprint density at radius 3 is 2.75 bits per heavy atom. The van der Waals surface area contributed by atoms with Gasteiger partial charge in [-0.05, 0) is 18.4 Å². The Morgan fingerprint density at radius 2 is 2.10 bits per heavy atom. The Balaban J connectivity index is 1.60. The predicted molar refractivity (Wildman–Crippen MR) is 74.3 cm³/mol. The molecule has 1 aliphatic rings. The van der Waals surface area contributed by atoms with Crippen LogP contribution in [-0.2, 0) is 13.1 Å². The molecule has 1 fully saturated rings. The summed E-state index contributed by atoms with van der Waals surface area (Å²) < 4.78 is 1.99. The first-order chi connectivity index (χ1) is 9.70. The third-order valence-electron chi connectivity index (χ3n) is 3.35. The Kier molecular flexibility index (Phi) is 3.47. The molecule has 0 bridgehead atoms. The van der Waals surface area contributed by atoms with Gasteiger partial charge in [0.2, 0.25) is 0 Å². The van der Waals surface area contributed by atoms with Crippen molar-refractivity contribution in [1.29, 1.82) is 0 Å². The van der Waals surface area contributed by atoms with Crippen molar-refractivity contribution in [1.82, 2.24) is 14.9 Å². The SMILES string of the molecule is O=[N+]([O-])c1ccc(Cn2cnc(CNC3CC3)c2)cc1. The van der Waals surface area contributed by atoms with Gasteiger partial charge < -0.3 is 9.88 Å². The quantitative estimate of drug-likeness (QED) is 0.645. The molecule has 2 aromatic rings. The monoisotopic (exact) mass is 272 g/mol. The minimum atomic E-state index is -0.386. The van der Waals surface area contributed by atoms with Gasteiger partial charge in [0.15, 0.2) is 0 Å². The Hall–Kier alpha value is -2.21. The Labute approximate surface area is 116 Å². The van der Waals surface area contributed by atoms with E-state index < -0.39 is 0 Å². The summed E-state index contributed by atoms with van der Waals surface area (Å²) in [5.41, 5.74) is 2.17. The lowest BCUT2D eigenvalue weighted by molar-refractivity contribution is -0.384. The van der Waals surface area contributed by atoms with Crippen molar-refractivity contribution < 1.29 is 4.92 Å². The van der Waals surface area contributed by atoms with E-state index in [9.17, 15) is 10.1 Å². The second kappa shape index (κ2) is 5.42. The number of hydrogen-bond acceptors (Lipinski definition) is 4. The van der Waals surface area contributed by atoms with Crippen LogP contribution in [0.2, 0.25) is 0 Å². The molecule has 0 unspecified atom stereocenters. The maximum atomic E-state index is 10.6. The van der Waals surface area contributed by atoms with Gasteiger partial charge in [0, 0.05) is 37.5 Å². The van der Waals surface area contributed by atoms with E-state index in [-0.39, 0.29) is 10.6 Å². The molecule has 1 aromatic carbocycles. The second-order valence-electron chi connectivity index (χ2n) is 5.12. The van der Waals surface area contributed by atoms with E-state index in [0.29, 0.717) is 12.6 Å². The number of rotatable bonds is 6. The number of aromatic nitrogens is 2. The highest BCUT2D eigenvalue weighted by atomic mass is 16.6. The van der Waals surface area contributed by atoms with Crippen LogP contribution in [0.5, 0.6) is 0 Å². The van der Waals surface area contributed by atoms with E-state index in [2.05, 4.69) is 10.3 Å². The van der Waals surface area contributed by atoms with Crippen molar-refractivity contribution >= 4 is 5.69 Å². The van der Waals surface area contributed by atoms with Crippen LogP contribution in [0.4, 0.5) is 5.69 Å². The number of hydrogen-bond donors (Lipinski definition) is 1. The smallest absolute Gasteiger partial charge is 0.269 e. The van der Waals surface area contributed by atoms with Crippen LogP contribution < -0.4 is 5.32 Å². The molecule has 0 atom stereocenters. The van der Waals surface area contributed by atoms with Crippen molar-refractivity contribution in [2.24, 2.45) is 0 Å². The van der Waals surface area contributed by atoms with E-state index in [0.717, 1.165) is 17.8 Å². The minimum absolute atomic E-state index is 0.119. The van der Waals surface area contributed by atoms with E-state index >= 15 is 0 Å². The number of imidazole rings is 1. The summed E-state index contributed by atoms with van der Waals surface area (Å²) in [5.74, 6) is 0. The zero-order chi connectivity index (χ0) is 13.9. The number of nitrogens with one attached hydrogen (secondary N) is 1. The molecule has 0 radical (unpaired) electrons. The van der Waals surface area contributed by atoms with E-state index in [1.54, 1.807) is 18.5 Å². The van der Waals surface area contributed by atoms with Gasteiger partial charge in [0.25, 0.3) is 5.69 Å². The average molecular weight is 272 g/mol. The van der Waals surface area contributed by atoms with Crippen LogP contribution >= 0.6 is 0 Å². The molecule has 104 valence electrons. The molecule has 20 heavy (non-hydrogen) atoms. The molecule has 1 aliphatic carbocycles. The maximum Gasteiger partial charge on any atom is 0.269 e. The highest BCUT2D eigenvalue weighted by molar-refractivity contribution is 5.32. The van der Waals surface area contributed by atoms with Crippen LogP contribution in [0.1, 0.15) is 24.1 Å². The fraction of sp³-hybridized carbons (Fsp3) is 0.357. The van der Waals surface area contributed by atoms with E-state index in [4.69, 9.17) is 0 Å². The van der Waals surface area contributed by atoms with Crippen LogP contribution in [0, 0.1) is 10.1 Å². The van der Waals surface area contributed by atoms with Crippen LogP contribution in [0.15, 0.2) is 36.8 Å². The lowest BCUT2D eigenvalue weighted by atomic mass is 10.2. The molecular formula is C14H16N4O2. The van der Waals surface area contributed by atoms with Crippen molar-refractivity contribution in [3.05, 3.63) is 58.2 Å². The third-order valence-corrected chi connectivity index (χ3v) is 3.35. The second-order valence-corrected chi connectivity index (χ2v) is 5.12. The van der Waals surface area contributed by atoms with Crippen LogP contribution in [0.3, 0.4) is 0 Å². The summed E-state index contributed by atoms with van der Waals surface area (Å²) >= 11 is 0. The van der Waals surface area contributed by atoms with Crippen molar-refractivity contribution in [3.8, 4) is 0 Å². The van der Waals surface area contributed by atoms with Gasteiger partial charge in [-0.2, -0.15) is 0 Å². The summed E-state index contributed by atoms with van der Waals surface area (Å²) in [6.45, 7) is 1.48. The number of non-ortho nitro benzene ring substituents is 1. The summed E-state index contributed by atoms with van der Waals surface area (Å²) in [6.07, 6.45) is 6.34. The molecule has 1 aromatic heterocycles. The zero-order valence-corrected chi connectivity index (χ0v) is 11.0. The molecule has 1 heterocycles. The normalized spacial score (nSPS) is 14.4. The number of benzene rings is 1. The summed E-state index contributed by atoms with van der Waals surface area (Å²) in [5, 5.41) is 14.0. The van der Waals surface area contributed by atoms with Crippen molar-refractivity contribution in [2.45, 2.75) is 32.0 Å². The fourth-order valence-corrected chi connectivity index (χ4v) is 2.05. The first-order valence-corrected chi connectivity index (χ1v) is 6.68. The summed E-state index contributed by atoms with van der Waals surface area (Å²) in [7, 11) is 0. The number of nitrogens with zero attached hydrogens (tertiary/aromatic N) is 3. The first kappa shape index (κ1) is 12.8. The lowest BCUT2D eigenvalue weighted by Gasteiger charge is -2.02. The minimum Gasteiger partial charge on any atom is -0.333 e. The summed E-state index contributed by atoms with van der Waals surface area (Å²) in [4.78, 5) is 14.6. The third kappa shape index (κ3) is 3.21. The molecule has 1 N–H and O–H groups in total. The molecule has 0 saturated heterocycles. The highest BCUT2D eigenvalue weighted by Gasteiger charge is 2.20. The Morgan fingerprint density at radius 1 is 1.35 bits per heavy atom. The predicted octanol–water partition coefficient (Wildman–Crippen LogP) is 2.09. The zero-order valence-electron chi connectivity index (χ0n) is 11.0. The van der Waals surface area contributed by atoms with E-state index in [1.807, 2.05) is 10.8 Å². The molecule has 0 amide bonds. The van der Waals surface area contributed by atoms with Gasteiger partial charge in [-0.3, -0.25) is 10.1 Å². The largest absolute Gasteiger partial charge is 0.333 e. The molecule has 3 rings (SSSR count). The molecule has 1 saturated carbocycles. The van der Waals surface area contributed by atoms with Gasteiger partial charge in [-0.15, -0.1) is 0 Å². The van der Waals surface area contributed by atoms with Gasteiger partial charge in [-0.1, -0.05) is 12.1 Å².